The van der Waals surface area contributed by atoms with E-state index in [2.05, 4.69) is 0 Å². The molecule has 1 aliphatic rings. The fourth-order valence-corrected chi connectivity index (χ4v) is 5.10. The van der Waals surface area contributed by atoms with Crippen molar-refractivity contribution in [2.45, 2.75) is 4.90 Å². The lowest BCUT2D eigenvalue weighted by atomic mass is 10.1. The van der Waals surface area contributed by atoms with Gasteiger partial charge in [0.25, 0.3) is 5.91 Å². The van der Waals surface area contributed by atoms with Gasteiger partial charge < -0.3 is 9.64 Å². The van der Waals surface area contributed by atoms with Crippen LogP contribution >= 0.6 is 0 Å². The zero-order valence-corrected chi connectivity index (χ0v) is 18.2. The zero-order valence-electron chi connectivity index (χ0n) is 17.4. The van der Waals surface area contributed by atoms with Crippen LogP contribution in [0.3, 0.4) is 0 Å². The molecule has 1 aliphatic heterocycles. The Morgan fingerprint density at radius 3 is 2.15 bits per heavy atom. The van der Waals surface area contributed by atoms with Gasteiger partial charge in [0.1, 0.15) is 17.2 Å². The molecule has 10 heteroatoms. The molecular weight excluding hydrogens is 454 g/mol. The second kappa shape index (κ2) is 9.24. The molecular formula is C23H20F2N2O5S. The molecule has 0 unspecified atom stereocenters. The monoisotopic (exact) mass is 474 g/mol. The van der Waals surface area contributed by atoms with Crippen molar-refractivity contribution in [3.63, 3.8) is 0 Å². The van der Waals surface area contributed by atoms with Gasteiger partial charge in [-0.05, 0) is 35.0 Å². The van der Waals surface area contributed by atoms with Gasteiger partial charge in [-0.1, -0.05) is 36.4 Å². The summed E-state index contributed by atoms with van der Waals surface area (Å²) in [5.41, 5.74) is -0.864. The van der Waals surface area contributed by atoms with Gasteiger partial charge in [-0.3, -0.25) is 4.79 Å². The molecule has 0 bridgehead atoms. The summed E-state index contributed by atoms with van der Waals surface area (Å²) in [4.78, 5) is 25.8. The molecule has 0 radical (unpaired) electrons. The fourth-order valence-electron chi connectivity index (χ4n) is 3.64. The number of hydrogen-bond acceptors (Lipinski definition) is 5. The van der Waals surface area contributed by atoms with Crippen molar-refractivity contribution in [2.75, 3.05) is 32.8 Å². The van der Waals surface area contributed by atoms with Gasteiger partial charge >= 0.3 is 5.97 Å². The number of hydrogen-bond donors (Lipinski definition) is 0. The first kappa shape index (κ1) is 22.8. The van der Waals surface area contributed by atoms with Crippen LogP contribution in [0.4, 0.5) is 8.78 Å². The molecule has 0 spiro atoms. The summed E-state index contributed by atoms with van der Waals surface area (Å²) >= 11 is 0. The third-order valence-corrected chi connectivity index (χ3v) is 7.34. The van der Waals surface area contributed by atoms with Crippen LogP contribution in [0.2, 0.25) is 0 Å². The van der Waals surface area contributed by atoms with E-state index in [1.807, 2.05) is 24.3 Å². The van der Waals surface area contributed by atoms with E-state index in [-0.39, 0.29) is 31.1 Å². The summed E-state index contributed by atoms with van der Waals surface area (Å²) in [5, 5.41) is 1.73. The Morgan fingerprint density at radius 1 is 0.848 bits per heavy atom. The van der Waals surface area contributed by atoms with Crippen molar-refractivity contribution >= 4 is 32.7 Å². The number of esters is 1. The minimum Gasteiger partial charge on any atom is -0.452 e. The first-order valence-electron chi connectivity index (χ1n) is 10.2. The van der Waals surface area contributed by atoms with Crippen LogP contribution in [-0.2, 0) is 19.6 Å². The van der Waals surface area contributed by atoms with E-state index >= 15 is 0 Å². The molecule has 1 saturated heterocycles. The molecule has 0 saturated carbocycles. The summed E-state index contributed by atoms with van der Waals surface area (Å²) in [6.07, 6.45) is 0. The van der Waals surface area contributed by atoms with Crippen molar-refractivity contribution in [3.8, 4) is 0 Å². The highest BCUT2D eigenvalue weighted by Gasteiger charge is 2.31. The Morgan fingerprint density at radius 2 is 1.48 bits per heavy atom. The highest BCUT2D eigenvalue weighted by atomic mass is 32.2. The van der Waals surface area contributed by atoms with E-state index < -0.39 is 45.7 Å². The summed E-state index contributed by atoms with van der Waals surface area (Å²) in [6, 6.07) is 15.3. The summed E-state index contributed by atoms with van der Waals surface area (Å²) in [7, 11) is -3.75. The Bertz CT molecular complexity index is 1300. The predicted octanol–water partition coefficient (Wildman–Crippen LogP) is 2.81. The van der Waals surface area contributed by atoms with Crippen molar-refractivity contribution in [3.05, 3.63) is 77.9 Å². The van der Waals surface area contributed by atoms with Gasteiger partial charge in [-0.15, -0.1) is 0 Å². The second-order valence-corrected chi connectivity index (χ2v) is 9.40. The number of rotatable bonds is 5. The smallest absolute Gasteiger partial charge is 0.344 e. The average molecular weight is 474 g/mol. The Kier molecular flexibility index (Phi) is 6.39. The van der Waals surface area contributed by atoms with E-state index in [9.17, 15) is 26.8 Å². The molecule has 0 atom stereocenters. The van der Waals surface area contributed by atoms with Gasteiger partial charge in [0.2, 0.25) is 10.0 Å². The SMILES string of the molecule is O=C(OCC(=O)N1CCN(S(=O)(=O)c2ccc3ccccc3c2)CC1)c1c(F)cccc1F. The third kappa shape index (κ3) is 4.71. The number of benzene rings is 3. The Labute approximate surface area is 189 Å². The quantitative estimate of drug-likeness (QED) is 0.531. The van der Waals surface area contributed by atoms with Crippen LogP contribution in [0, 0.1) is 11.6 Å². The van der Waals surface area contributed by atoms with Crippen molar-refractivity contribution in [2.24, 2.45) is 0 Å². The number of piperazine rings is 1. The molecule has 0 aromatic heterocycles. The van der Waals surface area contributed by atoms with Crippen LogP contribution in [0.5, 0.6) is 0 Å². The topological polar surface area (TPSA) is 84.0 Å². The third-order valence-electron chi connectivity index (χ3n) is 5.44. The molecule has 4 rings (SSSR count). The van der Waals surface area contributed by atoms with Crippen LogP contribution in [-0.4, -0.2) is 62.3 Å². The Balaban J connectivity index is 1.36. The number of amides is 1. The maximum Gasteiger partial charge on any atom is 0.344 e. The summed E-state index contributed by atoms with van der Waals surface area (Å²) in [6.45, 7) is -0.383. The van der Waals surface area contributed by atoms with Crippen molar-refractivity contribution in [1.29, 1.82) is 0 Å². The van der Waals surface area contributed by atoms with Crippen LogP contribution < -0.4 is 0 Å². The van der Waals surface area contributed by atoms with Gasteiger partial charge in [0.05, 0.1) is 4.90 Å². The molecule has 33 heavy (non-hydrogen) atoms. The molecule has 3 aromatic rings. The zero-order chi connectivity index (χ0) is 23.6. The lowest BCUT2D eigenvalue weighted by molar-refractivity contribution is -0.135. The lowest BCUT2D eigenvalue weighted by Gasteiger charge is -2.33. The number of ether oxygens (including phenoxy) is 1. The molecule has 3 aromatic carbocycles. The lowest BCUT2D eigenvalue weighted by Crippen LogP contribution is -2.51. The molecule has 7 nitrogen and oxygen atoms in total. The second-order valence-electron chi connectivity index (χ2n) is 7.47. The predicted molar refractivity (Wildman–Crippen MR) is 116 cm³/mol. The largest absolute Gasteiger partial charge is 0.452 e. The molecule has 172 valence electrons. The van der Waals surface area contributed by atoms with E-state index in [4.69, 9.17) is 4.74 Å². The molecule has 1 heterocycles. The maximum absolute atomic E-state index is 13.7. The molecule has 1 amide bonds. The van der Waals surface area contributed by atoms with Gasteiger partial charge in [-0.2, -0.15) is 4.31 Å². The molecule has 0 aliphatic carbocycles. The summed E-state index contributed by atoms with van der Waals surface area (Å²) < 4.78 is 59.4. The maximum atomic E-state index is 13.7. The standard InChI is InChI=1S/C23H20F2N2O5S/c24-19-6-3-7-20(25)22(19)23(29)32-15-21(28)26-10-12-27(13-11-26)33(30,31)18-9-8-16-4-1-2-5-17(16)14-18/h1-9,14H,10-13,15H2. The molecule has 1 fully saturated rings. The summed E-state index contributed by atoms with van der Waals surface area (Å²) in [5.74, 6) is -4.03. The number of carbonyl (C=O) groups excluding carboxylic acids is 2. The first-order chi connectivity index (χ1) is 15.8. The molecule has 0 N–H and O–H groups in total. The highest BCUT2D eigenvalue weighted by Crippen LogP contribution is 2.23. The van der Waals surface area contributed by atoms with Crippen molar-refractivity contribution < 1.29 is 31.5 Å². The minimum atomic E-state index is -3.75. The van der Waals surface area contributed by atoms with Crippen LogP contribution in [0.25, 0.3) is 10.8 Å². The van der Waals surface area contributed by atoms with Gasteiger partial charge in [-0.25, -0.2) is 22.0 Å². The Hall–Kier alpha value is -3.37. The minimum absolute atomic E-state index is 0.0663. The number of carbonyl (C=O) groups is 2. The number of nitrogens with zero attached hydrogens (tertiary/aromatic N) is 2. The van der Waals surface area contributed by atoms with Gasteiger partial charge in [0.15, 0.2) is 6.61 Å². The van der Waals surface area contributed by atoms with E-state index in [1.54, 1.807) is 18.2 Å². The van der Waals surface area contributed by atoms with E-state index in [1.165, 1.54) is 9.21 Å². The number of sulfonamides is 1. The van der Waals surface area contributed by atoms with Crippen molar-refractivity contribution in [1.82, 2.24) is 9.21 Å². The van der Waals surface area contributed by atoms with Crippen LogP contribution in [0.1, 0.15) is 10.4 Å². The van der Waals surface area contributed by atoms with E-state index in [0.717, 1.165) is 29.0 Å². The first-order valence-corrected chi connectivity index (χ1v) is 11.6. The number of halogens is 2. The fraction of sp³-hybridized carbons (Fsp3) is 0.217. The highest BCUT2D eigenvalue weighted by molar-refractivity contribution is 7.89. The number of fused-ring (bicyclic) bond motifs is 1. The van der Waals surface area contributed by atoms with E-state index in [0.29, 0.717) is 0 Å². The average Bonchev–Trinajstić information content (AvgIpc) is 2.82. The van der Waals surface area contributed by atoms with Crippen LogP contribution in [0.15, 0.2) is 65.6 Å². The normalized spacial score (nSPS) is 14.9. The van der Waals surface area contributed by atoms with Gasteiger partial charge in [0, 0.05) is 26.2 Å².